The van der Waals surface area contributed by atoms with E-state index in [1.54, 1.807) is 6.07 Å². The number of likely N-dealkylation sites (tertiary alicyclic amines) is 1. The Labute approximate surface area is 124 Å². The van der Waals surface area contributed by atoms with Crippen molar-refractivity contribution in [1.29, 1.82) is 0 Å². The standard InChI is InChI=1S/C16H21N3O2/c1-3-18-8-4-5-13(18)10-19-11-17-14-7-6-12(9-15(14)19)16(20)21-2/h6-7,9,11,13H,3-5,8,10H2,1-2H3. The molecule has 0 amide bonds. The minimum absolute atomic E-state index is 0.305. The number of hydrogen-bond donors (Lipinski definition) is 0. The first kappa shape index (κ1) is 14.1. The number of benzene rings is 1. The Morgan fingerprint density at radius 2 is 2.33 bits per heavy atom. The average molecular weight is 287 g/mol. The zero-order valence-electron chi connectivity index (χ0n) is 12.6. The number of fused-ring (bicyclic) bond motifs is 1. The largest absolute Gasteiger partial charge is 0.465 e. The van der Waals surface area contributed by atoms with Crippen molar-refractivity contribution in [2.45, 2.75) is 32.4 Å². The molecule has 0 aliphatic carbocycles. The van der Waals surface area contributed by atoms with Crippen LogP contribution in [0.25, 0.3) is 11.0 Å². The molecule has 0 spiro atoms. The predicted octanol–water partition coefficient (Wildman–Crippen LogP) is 2.31. The van der Waals surface area contributed by atoms with E-state index in [9.17, 15) is 4.79 Å². The molecule has 2 aromatic rings. The summed E-state index contributed by atoms with van der Waals surface area (Å²) in [6.45, 7) is 5.40. The van der Waals surface area contributed by atoms with E-state index in [1.165, 1.54) is 26.5 Å². The predicted molar refractivity (Wildman–Crippen MR) is 81.3 cm³/mol. The Morgan fingerprint density at radius 3 is 3.10 bits per heavy atom. The maximum Gasteiger partial charge on any atom is 0.337 e. The van der Waals surface area contributed by atoms with Crippen LogP contribution in [0.5, 0.6) is 0 Å². The topological polar surface area (TPSA) is 47.4 Å². The third kappa shape index (κ3) is 2.65. The first-order chi connectivity index (χ1) is 10.2. The Bertz CT molecular complexity index is 650. The van der Waals surface area contributed by atoms with E-state index < -0.39 is 0 Å². The molecule has 1 atom stereocenters. The van der Waals surface area contributed by atoms with Crippen molar-refractivity contribution >= 4 is 17.0 Å². The highest BCUT2D eigenvalue weighted by molar-refractivity contribution is 5.93. The van der Waals surface area contributed by atoms with Gasteiger partial charge in [0.1, 0.15) is 0 Å². The second-order valence-corrected chi connectivity index (χ2v) is 5.52. The fourth-order valence-corrected chi connectivity index (χ4v) is 3.19. The number of imidazole rings is 1. The van der Waals surface area contributed by atoms with Gasteiger partial charge in [-0.1, -0.05) is 6.92 Å². The van der Waals surface area contributed by atoms with Crippen LogP contribution in [0.2, 0.25) is 0 Å². The molecule has 5 heteroatoms. The molecule has 1 fully saturated rings. The average Bonchev–Trinajstić information content (AvgIpc) is 3.13. The number of likely N-dealkylation sites (N-methyl/N-ethyl adjacent to an activating group) is 1. The molecule has 1 aliphatic heterocycles. The number of methoxy groups -OCH3 is 1. The van der Waals surface area contributed by atoms with Crippen molar-refractivity contribution in [3.8, 4) is 0 Å². The van der Waals surface area contributed by atoms with Gasteiger partial charge >= 0.3 is 5.97 Å². The van der Waals surface area contributed by atoms with E-state index in [2.05, 4.69) is 21.4 Å². The molecular weight excluding hydrogens is 266 g/mol. The highest BCUT2D eigenvalue weighted by atomic mass is 16.5. The number of carbonyl (C=O) groups is 1. The number of rotatable bonds is 4. The van der Waals surface area contributed by atoms with E-state index in [-0.39, 0.29) is 5.97 Å². The molecule has 21 heavy (non-hydrogen) atoms. The van der Waals surface area contributed by atoms with Gasteiger partial charge in [0.15, 0.2) is 0 Å². The zero-order chi connectivity index (χ0) is 14.8. The molecule has 3 rings (SSSR count). The lowest BCUT2D eigenvalue weighted by atomic mass is 10.2. The summed E-state index contributed by atoms with van der Waals surface area (Å²) >= 11 is 0. The molecule has 112 valence electrons. The van der Waals surface area contributed by atoms with E-state index in [1.807, 2.05) is 18.5 Å². The van der Waals surface area contributed by atoms with Gasteiger partial charge in [0, 0.05) is 12.6 Å². The number of carbonyl (C=O) groups excluding carboxylic acids is 1. The molecular formula is C16H21N3O2. The molecule has 1 saturated heterocycles. The van der Waals surface area contributed by atoms with Gasteiger partial charge in [-0.2, -0.15) is 0 Å². The van der Waals surface area contributed by atoms with Gasteiger partial charge in [0.05, 0.1) is 30.0 Å². The fourth-order valence-electron chi connectivity index (χ4n) is 3.19. The van der Waals surface area contributed by atoms with Crippen molar-refractivity contribution in [3.05, 3.63) is 30.1 Å². The van der Waals surface area contributed by atoms with Crippen molar-refractivity contribution in [3.63, 3.8) is 0 Å². The third-order valence-corrected chi connectivity index (χ3v) is 4.35. The van der Waals surface area contributed by atoms with Crippen LogP contribution in [0.1, 0.15) is 30.1 Å². The zero-order valence-corrected chi connectivity index (χ0v) is 12.6. The first-order valence-electron chi connectivity index (χ1n) is 7.50. The summed E-state index contributed by atoms with van der Waals surface area (Å²) in [4.78, 5) is 18.6. The van der Waals surface area contributed by atoms with Crippen LogP contribution >= 0.6 is 0 Å². The smallest absolute Gasteiger partial charge is 0.337 e. The van der Waals surface area contributed by atoms with Crippen LogP contribution in [0.4, 0.5) is 0 Å². The van der Waals surface area contributed by atoms with Crippen LogP contribution in [0, 0.1) is 0 Å². The van der Waals surface area contributed by atoms with Crippen LogP contribution in [-0.2, 0) is 11.3 Å². The molecule has 0 radical (unpaired) electrons. The van der Waals surface area contributed by atoms with Gasteiger partial charge in [-0.3, -0.25) is 4.90 Å². The minimum atomic E-state index is -0.305. The Hall–Kier alpha value is -1.88. The summed E-state index contributed by atoms with van der Waals surface area (Å²) in [6, 6.07) is 6.08. The molecule has 1 aromatic carbocycles. The summed E-state index contributed by atoms with van der Waals surface area (Å²) in [5.74, 6) is -0.305. The van der Waals surface area contributed by atoms with Gasteiger partial charge in [-0.25, -0.2) is 9.78 Å². The van der Waals surface area contributed by atoms with Crippen LogP contribution in [-0.4, -0.2) is 46.7 Å². The van der Waals surface area contributed by atoms with Gasteiger partial charge in [-0.15, -0.1) is 0 Å². The highest BCUT2D eigenvalue weighted by Gasteiger charge is 2.23. The lowest BCUT2D eigenvalue weighted by molar-refractivity contribution is 0.0601. The summed E-state index contributed by atoms with van der Waals surface area (Å²) in [5.41, 5.74) is 2.50. The minimum Gasteiger partial charge on any atom is -0.465 e. The van der Waals surface area contributed by atoms with E-state index in [0.717, 1.165) is 24.1 Å². The quantitative estimate of drug-likeness (QED) is 0.810. The van der Waals surface area contributed by atoms with Gasteiger partial charge < -0.3 is 9.30 Å². The van der Waals surface area contributed by atoms with Crippen molar-refractivity contribution < 1.29 is 9.53 Å². The Morgan fingerprint density at radius 1 is 1.48 bits per heavy atom. The second-order valence-electron chi connectivity index (χ2n) is 5.52. The molecule has 5 nitrogen and oxygen atoms in total. The van der Waals surface area contributed by atoms with Crippen LogP contribution in [0.3, 0.4) is 0 Å². The van der Waals surface area contributed by atoms with Gasteiger partial charge in [0.25, 0.3) is 0 Å². The third-order valence-electron chi connectivity index (χ3n) is 4.35. The molecule has 1 aliphatic rings. The lowest BCUT2D eigenvalue weighted by Gasteiger charge is -2.23. The van der Waals surface area contributed by atoms with E-state index >= 15 is 0 Å². The monoisotopic (exact) mass is 287 g/mol. The molecule has 0 bridgehead atoms. The summed E-state index contributed by atoms with van der Waals surface area (Å²) in [5, 5.41) is 0. The van der Waals surface area contributed by atoms with Gasteiger partial charge in [-0.05, 0) is 44.1 Å². The van der Waals surface area contributed by atoms with Crippen LogP contribution < -0.4 is 0 Å². The summed E-state index contributed by atoms with van der Waals surface area (Å²) in [7, 11) is 1.40. The van der Waals surface area contributed by atoms with Crippen molar-refractivity contribution in [2.24, 2.45) is 0 Å². The highest BCUT2D eigenvalue weighted by Crippen LogP contribution is 2.21. The SMILES string of the molecule is CCN1CCCC1Cn1cnc2ccc(C(=O)OC)cc21. The van der Waals surface area contributed by atoms with Crippen molar-refractivity contribution in [1.82, 2.24) is 14.5 Å². The number of ether oxygens (including phenoxy) is 1. The normalized spacial score (nSPS) is 19.2. The first-order valence-corrected chi connectivity index (χ1v) is 7.50. The number of esters is 1. The number of aromatic nitrogens is 2. The summed E-state index contributed by atoms with van der Waals surface area (Å²) < 4.78 is 6.95. The van der Waals surface area contributed by atoms with Gasteiger partial charge in [0.2, 0.25) is 0 Å². The molecule has 0 saturated carbocycles. The Balaban J connectivity index is 1.89. The summed E-state index contributed by atoms with van der Waals surface area (Å²) in [6.07, 6.45) is 4.36. The van der Waals surface area contributed by atoms with Crippen molar-refractivity contribution in [2.75, 3.05) is 20.2 Å². The fraction of sp³-hybridized carbons (Fsp3) is 0.500. The molecule has 0 N–H and O–H groups in total. The Kier molecular flexibility index (Phi) is 3.92. The second kappa shape index (κ2) is 5.85. The van der Waals surface area contributed by atoms with E-state index in [0.29, 0.717) is 11.6 Å². The number of nitrogens with zero attached hydrogens (tertiary/aromatic N) is 3. The van der Waals surface area contributed by atoms with E-state index in [4.69, 9.17) is 4.74 Å². The molecule has 1 aromatic heterocycles. The molecule has 2 heterocycles. The number of hydrogen-bond acceptors (Lipinski definition) is 4. The van der Waals surface area contributed by atoms with Crippen LogP contribution in [0.15, 0.2) is 24.5 Å². The lowest BCUT2D eigenvalue weighted by Crippen LogP contribution is -2.32. The maximum atomic E-state index is 11.7. The maximum absolute atomic E-state index is 11.7. The molecule has 1 unspecified atom stereocenters.